The number of methoxy groups -OCH3 is 1. The molecule has 0 spiro atoms. The second-order valence-corrected chi connectivity index (χ2v) is 15.5. The number of oxime groups is 1. The van der Waals surface area contributed by atoms with Crippen LogP contribution in [0, 0.1) is 5.82 Å². The van der Waals surface area contributed by atoms with Crippen molar-refractivity contribution in [2.75, 3.05) is 38.2 Å². The minimum absolute atomic E-state index is 0.0568. The van der Waals surface area contributed by atoms with Crippen molar-refractivity contribution in [2.24, 2.45) is 5.16 Å². The van der Waals surface area contributed by atoms with Gasteiger partial charge in [0.15, 0.2) is 6.10 Å². The van der Waals surface area contributed by atoms with E-state index >= 15 is 4.39 Å². The molecule has 0 N–H and O–H groups in total. The monoisotopic (exact) mass is 515 g/mol. The van der Waals surface area contributed by atoms with Crippen LogP contribution in [-0.4, -0.2) is 74.4 Å². The van der Waals surface area contributed by atoms with Gasteiger partial charge in [0.05, 0.1) is 39.0 Å². The number of carbonyl (C=O) groups is 1. The zero-order chi connectivity index (χ0) is 26.1. The summed E-state index contributed by atoms with van der Waals surface area (Å²) < 4.78 is 26.2. The Bertz CT molecular complexity index is 1120. The van der Waals surface area contributed by atoms with Gasteiger partial charge in [-0.3, -0.25) is 0 Å². The maximum absolute atomic E-state index is 15.3. The fraction of sp³-hybridized carbons (Fsp3) is 0.520. The van der Waals surface area contributed by atoms with Crippen LogP contribution < -0.4 is 4.90 Å². The Morgan fingerprint density at radius 3 is 2.47 bits per heavy atom. The van der Waals surface area contributed by atoms with Crippen molar-refractivity contribution in [2.45, 2.75) is 51.6 Å². The van der Waals surface area contributed by atoms with E-state index in [9.17, 15) is 4.79 Å². The Balaban J connectivity index is 1.32. The molecule has 2 aliphatic heterocycles. The van der Waals surface area contributed by atoms with E-state index in [0.717, 1.165) is 5.71 Å². The smallest absolute Gasteiger partial charge is 0.409 e. The van der Waals surface area contributed by atoms with Gasteiger partial charge in [0.2, 0.25) is 5.95 Å². The van der Waals surface area contributed by atoms with Crippen molar-refractivity contribution in [3.63, 3.8) is 0 Å². The highest BCUT2D eigenvalue weighted by molar-refractivity contribution is 6.74. The van der Waals surface area contributed by atoms with Crippen LogP contribution in [-0.2, 0) is 20.6 Å². The predicted molar refractivity (Wildman–Crippen MR) is 138 cm³/mol. The van der Waals surface area contributed by atoms with Crippen LogP contribution in [0.5, 0.6) is 0 Å². The molecule has 2 saturated heterocycles. The third kappa shape index (κ3) is 5.51. The van der Waals surface area contributed by atoms with Crippen molar-refractivity contribution in [1.29, 1.82) is 0 Å². The highest BCUT2D eigenvalue weighted by Crippen LogP contribution is 2.37. The van der Waals surface area contributed by atoms with Gasteiger partial charge in [-0.15, -0.1) is 18.1 Å². The van der Waals surface area contributed by atoms with Crippen molar-refractivity contribution >= 4 is 26.1 Å². The third-order valence-corrected chi connectivity index (χ3v) is 11.5. The fourth-order valence-electron chi connectivity index (χ4n) is 3.54. The topological polar surface area (TPSA) is 89.4 Å². The average Bonchev–Trinajstić information content (AvgIpc) is 2.77. The van der Waals surface area contributed by atoms with Gasteiger partial charge in [-0.05, 0) is 8.32 Å². The first-order chi connectivity index (χ1) is 17.0. The van der Waals surface area contributed by atoms with Crippen LogP contribution in [0.1, 0.15) is 26.3 Å². The Labute approximate surface area is 212 Å². The zero-order valence-electron chi connectivity index (χ0n) is 21.7. The van der Waals surface area contributed by atoms with E-state index in [2.05, 4.69) is 53.7 Å². The number of amides is 1. The van der Waals surface area contributed by atoms with E-state index in [4.69, 9.17) is 9.26 Å². The Morgan fingerprint density at radius 2 is 1.86 bits per heavy atom. The normalized spacial score (nSPS) is 16.4. The molecule has 36 heavy (non-hydrogen) atoms. The van der Waals surface area contributed by atoms with Gasteiger partial charge in [-0.2, -0.15) is 0 Å². The predicted octanol–water partition coefficient (Wildman–Crippen LogP) is 4.45. The summed E-state index contributed by atoms with van der Waals surface area (Å²) in [6, 6.07) is 5.33. The number of benzene rings is 1. The Kier molecular flexibility index (Phi) is 7.33. The van der Waals surface area contributed by atoms with Crippen LogP contribution in [0.4, 0.5) is 15.1 Å². The van der Waals surface area contributed by atoms with Crippen molar-refractivity contribution < 1.29 is 23.2 Å². The van der Waals surface area contributed by atoms with E-state index in [1.807, 2.05) is 11.0 Å². The number of halogens is 1. The maximum Gasteiger partial charge on any atom is 0.409 e. The van der Waals surface area contributed by atoms with Gasteiger partial charge in [0, 0.05) is 35.7 Å². The number of carbonyl (C=O) groups excluding carboxylic acids is 1. The molecule has 4 rings (SSSR count). The molecule has 2 aromatic rings. The van der Waals surface area contributed by atoms with Crippen molar-refractivity contribution in [3.05, 3.63) is 42.0 Å². The molecule has 0 radical (unpaired) electrons. The molecule has 195 valence electrons. The second kappa shape index (κ2) is 10.1. The lowest BCUT2D eigenvalue weighted by Gasteiger charge is -2.48. The molecule has 9 nitrogen and oxygen atoms in total. The van der Waals surface area contributed by atoms with E-state index in [1.54, 1.807) is 29.4 Å². The molecule has 1 aromatic carbocycles. The van der Waals surface area contributed by atoms with Crippen molar-refractivity contribution in [1.82, 2.24) is 14.9 Å². The molecule has 0 atom stereocenters. The molecule has 0 saturated carbocycles. The first-order valence-corrected chi connectivity index (χ1v) is 14.9. The van der Waals surface area contributed by atoms with Gasteiger partial charge < -0.3 is 23.8 Å². The molecule has 1 amide bonds. The molecule has 0 bridgehead atoms. The number of hydrogen-bond donors (Lipinski definition) is 0. The number of anilines is 1. The Morgan fingerprint density at radius 1 is 1.19 bits per heavy atom. The summed E-state index contributed by atoms with van der Waals surface area (Å²) in [6.07, 6.45) is 2.81. The van der Waals surface area contributed by atoms with Gasteiger partial charge in [-0.1, -0.05) is 44.1 Å². The zero-order valence-corrected chi connectivity index (χ0v) is 22.7. The number of nitrogens with zero attached hydrogens (tertiary/aromatic N) is 5. The summed E-state index contributed by atoms with van der Waals surface area (Å²) in [5, 5.41) is 4.22. The van der Waals surface area contributed by atoms with E-state index < -0.39 is 8.32 Å². The summed E-state index contributed by atoms with van der Waals surface area (Å²) in [7, 11) is -0.633. The van der Waals surface area contributed by atoms with Crippen LogP contribution >= 0.6 is 0 Å². The molecule has 2 aliphatic rings. The van der Waals surface area contributed by atoms with E-state index in [-0.39, 0.29) is 29.7 Å². The number of rotatable bonds is 7. The molecule has 3 heterocycles. The molecule has 0 aliphatic carbocycles. The summed E-state index contributed by atoms with van der Waals surface area (Å²) >= 11 is 0. The van der Waals surface area contributed by atoms with Crippen LogP contribution in [0.25, 0.3) is 11.1 Å². The van der Waals surface area contributed by atoms with Gasteiger partial charge in [0.1, 0.15) is 5.82 Å². The summed E-state index contributed by atoms with van der Waals surface area (Å²) in [5.74, 6) is 0.251. The quantitative estimate of drug-likeness (QED) is 0.398. The number of ether oxygens (including phenoxy) is 1. The van der Waals surface area contributed by atoms with E-state index in [1.165, 1.54) is 7.11 Å². The highest BCUT2D eigenvalue weighted by atomic mass is 28.4. The lowest BCUT2D eigenvalue weighted by atomic mass is 10.1. The Hall–Kier alpha value is -3.05. The minimum atomic E-state index is -1.99. The third-order valence-electron chi connectivity index (χ3n) is 7.06. The molecular formula is C25H34FN5O4Si-. The van der Waals surface area contributed by atoms with Gasteiger partial charge in [0.25, 0.3) is 0 Å². The molecule has 0 unspecified atom stereocenters. The SMILES string of the molecule is COC(=O)N1CC(ON=C2CN(c3ncc(-c4cccc(CO[Si-](C)(C)C(C)(C)C)c4F)cn3)C2)C1. The standard InChI is InChI=1S/C25H34FN5O4Si/c1-25(2,3)36(5,6)34-16-17-8-7-9-21(22(17)26)18-10-27-23(28-11-18)30-12-19(13-30)29-35-20-14-31(15-20)24(32)33-4/h7-11,20H,12-16H2,1-6H3/q-1. The molecule has 2 fully saturated rings. The lowest BCUT2D eigenvalue weighted by Crippen LogP contribution is -2.55. The fourth-order valence-corrected chi connectivity index (χ4v) is 4.49. The van der Waals surface area contributed by atoms with Crippen LogP contribution in [0.2, 0.25) is 18.1 Å². The van der Waals surface area contributed by atoms with E-state index in [0.29, 0.717) is 48.8 Å². The summed E-state index contributed by atoms with van der Waals surface area (Å²) in [6.45, 7) is 13.1. The highest BCUT2D eigenvalue weighted by Gasteiger charge is 2.34. The second-order valence-electron chi connectivity index (χ2n) is 10.7. The lowest BCUT2D eigenvalue weighted by molar-refractivity contribution is -0.0456. The van der Waals surface area contributed by atoms with Gasteiger partial charge in [-0.25, -0.2) is 19.2 Å². The molecule has 1 aromatic heterocycles. The number of hydrogen-bond acceptors (Lipinski definition) is 8. The van der Waals surface area contributed by atoms with Crippen LogP contribution in [0.15, 0.2) is 35.7 Å². The number of likely N-dealkylation sites (tertiary alicyclic amines) is 1. The molecule has 11 heteroatoms. The first-order valence-electron chi connectivity index (χ1n) is 12.0. The first kappa shape index (κ1) is 26.0. The van der Waals surface area contributed by atoms with Gasteiger partial charge >= 0.3 is 6.09 Å². The summed E-state index contributed by atoms with van der Waals surface area (Å²) in [4.78, 5) is 29.2. The van der Waals surface area contributed by atoms with Crippen LogP contribution in [0.3, 0.4) is 0 Å². The maximum atomic E-state index is 15.3. The van der Waals surface area contributed by atoms with Crippen molar-refractivity contribution in [3.8, 4) is 11.1 Å². The molecular weight excluding hydrogens is 481 g/mol. The summed E-state index contributed by atoms with van der Waals surface area (Å²) in [5.41, 5.74) is 2.48. The minimum Gasteiger partial charge on any atom is -0.561 e. The number of aromatic nitrogens is 2. The largest absolute Gasteiger partial charge is 0.561 e. The average molecular weight is 516 g/mol.